The number of halogens is 1. The van der Waals surface area contributed by atoms with Crippen LogP contribution in [0.3, 0.4) is 0 Å². The van der Waals surface area contributed by atoms with Crippen LogP contribution in [0.15, 0.2) is 41.1 Å². The molecule has 0 aliphatic rings. The van der Waals surface area contributed by atoms with Crippen molar-refractivity contribution >= 4 is 21.7 Å². The molecule has 2 rings (SSSR count). The Kier molecular flexibility index (Phi) is 3.58. The molecule has 2 heterocycles. The fourth-order valence-corrected chi connectivity index (χ4v) is 1.70. The van der Waals surface area contributed by atoms with Crippen molar-refractivity contribution in [2.75, 3.05) is 5.73 Å². The molecule has 0 saturated heterocycles. The van der Waals surface area contributed by atoms with Crippen LogP contribution in [0.4, 0.5) is 5.82 Å². The molecule has 0 aromatic carbocycles. The monoisotopic (exact) mass is 293 g/mol. The number of pyridine rings is 2. The lowest BCUT2D eigenvalue weighted by Gasteiger charge is -2.15. The number of nitrogen functional groups attached to an aromatic ring is 1. The van der Waals surface area contributed by atoms with Gasteiger partial charge < -0.3 is 10.5 Å². The molecule has 0 spiro atoms. The van der Waals surface area contributed by atoms with Gasteiger partial charge in [0.2, 0.25) is 0 Å². The summed E-state index contributed by atoms with van der Waals surface area (Å²) in [6.07, 6.45) is 3.19. The van der Waals surface area contributed by atoms with Gasteiger partial charge in [0.25, 0.3) is 0 Å². The predicted molar refractivity (Wildman–Crippen MR) is 69.6 cm³/mol. The minimum atomic E-state index is -0.172. The summed E-state index contributed by atoms with van der Waals surface area (Å²) in [5, 5.41) is 0. The number of rotatable bonds is 3. The summed E-state index contributed by atoms with van der Waals surface area (Å²) in [6.45, 7) is 1.92. The molecule has 88 valence electrons. The van der Waals surface area contributed by atoms with Gasteiger partial charge in [0.05, 0.1) is 5.69 Å². The fourth-order valence-electron chi connectivity index (χ4n) is 1.39. The smallest absolute Gasteiger partial charge is 0.166 e. The Labute approximate surface area is 108 Å². The number of ether oxygens (including phenoxy) is 1. The average Bonchev–Trinajstić information content (AvgIpc) is 2.35. The Balaban J connectivity index is 2.18. The minimum absolute atomic E-state index is 0.172. The third kappa shape index (κ3) is 2.94. The van der Waals surface area contributed by atoms with Gasteiger partial charge >= 0.3 is 0 Å². The number of hydrogen-bond acceptors (Lipinski definition) is 4. The molecule has 0 amide bonds. The Morgan fingerprint density at radius 3 is 2.88 bits per heavy atom. The molecule has 17 heavy (non-hydrogen) atoms. The lowest BCUT2D eigenvalue weighted by molar-refractivity contribution is 0.222. The zero-order valence-corrected chi connectivity index (χ0v) is 10.9. The molecule has 0 saturated carbocycles. The van der Waals surface area contributed by atoms with E-state index in [-0.39, 0.29) is 6.10 Å². The summed E-state index contributed by atoms with van der Waals surface area (Å²) in [7, 11) is 0. The van der Waals surface area contributed by atoms with E-state index < -0.39 is 0 Å². The molecule has 0 aliphatic carbocycles. The maximum absolute atomic E-state index is 5.74. The molecule has 0 bridgehead atoms. The van der Waals surface area contributed by atoms with Gasteiger partial charge in [0.1, 0.15) is 6.10 Å². The van der Waals surface area contributed by atoms with E-state index in [1.165, 1.54) is 0 Å². The fraction of sp³-hybridized carbons (Fsp3) is 0.167. The first kappa shape index (κ1) is 11.9. The zero-order chi connectivity index (χ0) is 12.3. The number of hydrogen-bond donors (Lipinski definition) is 1. The molecular weight excluding hydrogens is 282 g/mol. The van der Waals surface area contributed by atoms with Crippen molar-refractivity contribution in [1.29, 1.82) is 0 Å². The van der Waals surface area contributed by atoms with Gasteiger partial charge in [-0.05, 0) is 41.1 Å². The molecule has 1 atom stereocenters. The summed E-state index contributed by atoms with van der Waals surface area (Å²) in [4.78, 5) is 8.24. The summed E-state index contributed by atoms with van der Waals surface area (Å²) in [5.74, 6) is 0.925. The molecule has 2 aromatic heterocycles. The topological polar surface area (TPSA) is 61.0 Å². The quantitative estimate of drug-likeness (QED) is 0.945. The van der Waals surface area contributed by atoms with Crippen LogP contribution in [0.25, 0.3) is 0 Å². The average molecular weight is 294 g/mol. The summed E-state index contributed by atoms with van der Waals surface area (Å²) in [6, 6.07) is 7.49. The van der Waals surface area contributed by atoms with Gasteiger partial charge in [-0.2, -0.15) is 0 Å². The number of aromatic nitrogens is 2. The Morgan fingerprint density at radius 2 is 2.18 bits per heavy atom. The molecule has 0 fully saturated rings. The van der Waals surface area contributed by atoms with Crippen LogP contribution in [0, 0.1) is 0 Å². The minimum Gasteiger partial charge on any atom is -0.481 e. The third-order valence-electron chi connectivity index (χ3n) is 2.26. The highest BCUT2D eigenvalue weighted by Gasteiger charge is 2.11. The summed E-state index contributed by atoms with van der Waals surface area (Å²) >= 11 is 3.33. The van der Waals surface area contributed by atoms with Crippen LogP contribution in [0.5, 0.6) is 5.75 Å². The maximum Gasteiger partial charge on any atom is 0.166 e. The largest absolute Gasteiger partial charge is 0.481 e. The second-order valence-electron chi connectivity index (χ2n) is 3.55. The van der Waals surface area contributed by atoms with E-state index >= 15 is 0 Å². The van der Waals surface area contributed by atoms with E-state index in [9.17, 15) is 0 Å². The normalized spacial score (nSPS) is 12.1. The van der Waals surface area contributed by atoms with E-state index in [4.69, 9.17) is 10.5 Å². The maximum atomic E-state index is 5.74. The lowest BCUT2D eigenvalue weighted by Crippen LogP contribution is -2.07. The molecule has 0 aliphatic heterocycles. The highest BCUT2D eigenvalue weighted by Crippen LogP contribution is 2.27. The van der Waals surface area contributed by atoms with E-state index in [2.05, 4.69) is 25.9 Å². The van der Waals surface area contributed by atoms with Crippen molar-refractivity contribution in [2.24, 2.45) is 0 Å². The number of nitrogens with two attached hydrogens (primary N) is 1. The standard InChI is InChI=1S/C12H12BrN3O/c1-8(10-4-2-3-5-15-10)17-11-6-9(13)7-16-12(11)14/h2-8H,1H3,(H2,14,16)/t8-/m0/s1. The van der Waals surface area contributed by atoms with E-state index in [1.807, 2.05) is 25.1 Å². The summed E-state index contributed by atoms with van der Waals surface area (Å²) < 4.78 is 6.56. The molecular formula is C12H12BrN3O. The Hall–Kier alpha value is -1.62. The van der Waals surface area contributed by atoms with Gasteiger partial charge in [-0.1, -0.05) is 6.07 Å². The van der Waals surface area contributed by atoms with Crippen LogP contribution in [-0.4, -0.2) is 9.97 Å². The van der Waals surface area contributed by atoms with E-state index in [0.29, 0.717) is 11.6 Å². The molecule has 2 N–H and O–H groups in total. The molecule has 0 radical (unpaired) electrons. The highest BCUT2D eigenvalue weighted by molar-refractivity contribution is 9.10. The Bertz CT molecular complexity index is 504. The lowest BCUT2D eigenvalue weighted by atomic mass is 10.2. The van der Waals surface area contributed by atoms with Gasteiger partial charge in [-0.3, -0.25) is 4.98 Å². The molecule has 5 heteroatoms. The third-order valence-corrected chi connectivity index (χ3v) is 2.69. The summed E-state index contributed by atoms with van der Waals surface area (Å²) in [5.41, 5.74) is 6.59. The van der Waals surface area contributed by atoms with Crippen molar-refractivity contribution in [2.45, 2.75) is 13.0 Å². The Morgan fingerprint density at radius 1 is 1.35 bits per heavy atom. The van der Waals surface area contributed by atoms with Crippen molar-refractivity contribution < 1.29 is 4.74 Å². The molecule has 0 unspecified atom stereocenters. The predicted octanol–water partition coefficient (Wildman–Crippen LogP) is 2.96. The van der Waals surface area contributed by atoms with Crippen LogP contribution in [0.1, 0.15) is 18.7 Å². The zero-order valence-electron chi connectivity index (χ0n) is 9.30. The number of nitrogens with zero attached hydrogens (tertiary/aromatic N) is 2. The van der Waals surface area contributed by atoms with Crippen molar-refractivity contribution in [3.63, 3.8) is 0 Å². The van der Waals surface area contributed by atoms with Gasteiger partial charge in [0, 0.05) is 16.9 Å². The van der Waals surface area contributed by atoms with Crippen molar-refractivity contribution in [3.8, 4) is 5.75 Å². The van der Waals surface area contributed by atoms with Crippen LogP contribution >= 0.6 is 15.9 Å². The second kappa shape index (κ2) is 5.14. The van der Waals surface area contributed by atoms with Crippen molar-refractivity contribution in [1.82, 2.24) is 9.97 Å². The number of anilines is 1. The molecule has 4 nitrogen and oxygen atoms in total. The SMILES string of the molecule is C[C@H](Oc1cc(Br)cnc1N)c1ccccn1. The van der Waals surface area contributed by atoms with Gasteiger partial charge in [-0.25, -0.2) is 4.98 Å². The van der Waals surface area contributed by atoms with Crippen molar-refractivity contribution in [3.05, 3.63) is 46.8 Å². The second-order valence-corrected chi connectivity index (χ2v) is 4.47. The first-order valence-electron chi connectivity index (χ1n) is 5.15. The molecule has 2 aromatic rings. The van der Waals surface area contributed by atoms with Crippen LogP contribution < -0.4 is 10.5 Å². The first-order chi connectivity index (χ1) is 8.16. The van der Waals surface area contributed by atoms with Crippen LogP contribution in [-0.2, 0) is 0 Å². The van der Waals surface area contributed by atoms with E-state index in [1.54, 1.807) is 18.5 Å². The highest BCUT2D eigenvalue weighted by atomic mass is 79.9. The van der Waals surface area contributed by atoms with E-state index in [0.717, 1.165) is 10.2 Å². The van der Waals surface area contributed by atoms with Gasteiger partial charge in [-0.15, -0.1) is 0 Å². The van der Waals surface area contributed by atoms with Crippen LogP contribution in [0.2, 0.25) is 0 Å². The van der Waals surface area contributed by atoms with Gasteiger partial charge in [0.15, 0.2) is 11.6 Å². The first-order valence-corrected chi connectivity index (χ1v) is 5.94.